The first kappa shape index (κ1) is 17.9. The number of hydrogen-bond donors (Lipinski definition) is 2. The number of benzene rings is 2. The fourth-order valence-electron chi connectivity index (χ4n) is 3.30. The summed E-state index contributed by atoms with van der Waals surface area (Å²) in [6.45, 7) is 1.24. The van der Waals surface area contributed by atoms with Crippen LogP contribution in [0.15, 0.2) is 48.5 Å². The van der Waals surface area contributed by atoms with Crippen LogP contribution in [0.25, 0.3) is 0 Å². The molecule has 1 fully saturated rings. The number of carbonyl (C=O) groups excluding carboxylic acids is 1. The first-order chi connectivity index (χ1) is 12.5. The predicted octanol–water partition coefficient (Wildman–Crippen LogP) is 3.86. The van der Waals surface area contributed by atoms with Gasteiger partial charge in [-0.2, -0.15) is 0 Å². The Kier molecular flexibility index (Phi) is 5.51. The van der Waals surface area contributed by atoms with E-state index in [1.54, 1.807) is 11.0 Å². The van der Waals surface area contributed by atoms with Crippen LogP contribution >= 0.6 is 0 Å². The van der Waals surface area contributed by atoms with Crippen molar-refractivity contribution in [2.24, 2.45) is 0 Å². The highest BCUT2D eigenvalue weighted by Crippen LogP contribution is 2.28. The molecule has 2 aromatic rings. The second-order valence-electron chi connectivity index (χ2n) is 6.54. The Morgan fingerprint density at radius 1 is 1.19 bits per heavy atom. The van der Waals surface area contributed by atoms with Gasteiger partial charge in [0.25, 0.3) is 0 Å². The summed E-state index contributed by atoms with van der Waals surface area (Å²) in [5.74, 6) is -1.02. The molecule has 1 atom stereocenters. The third kappa shape index (κ3) is 4.59. The largest absolute Gasteiger partial charge is 0.481 e. The summed E-state index contributed by atoms with van der Waals surface area (Å²) in [6.07, 6.45) is 1.83. The summed E-state index contributed by atoms with van der Waals surface area (Å²) in [7, 11) is 0. The van der Waals surface area contributed by atoms with E-state index in [2.05, 4.69) is 5.32 Å². The number of carboxylic acids is 1. The Morgan fingerprint density at radius 2 is 1.96 bits per heavy atom. The zero-order chi connectivity index (χ0) is 18.5. The Bertz CT molecular complexity index is 792. The molecule has 1 saturated heterocycles. The van der Waals surface area contributed by atoms with Gasteiger partial charge >= 0.3 is 12.0 Å². The number of nitrogens with one attached hydrogen (secondary N) is 1. The highest BCUT2D eigenvalue weighted by molar-refractivity contribution is 5.89. The lowest BCUT2D eigenvalue weighted by molar-refractivity contribution is -0.136. The van der Waals surface area contributed by atoms with E-state index < -0.39 is 5.97 Å². The lowest BCUT2D eigenvalue weighted by atomic mass is 9.89. The maximum atomic E-state index is 13.0. The molecule has 0 radical (unpaired) electrons. The first-order valence-corrected chi connectivity index (χ1v) is 8.63. The topological polar surface area (TPSA) is 69.6 Å². The Labute approximate surface area is 151 Å². The van der Waals surface area contributed by atoms with Crippen molar-refractivity contribution in [3.8, 4) is 0 Å². The average molecular weight is 356 g/mol. The van der Waals surface area contributed by atoms with Crippen molar-refractivity contribution in [1.82, 2.24) is 4.90 Å². The third-order valence-corrected chi connectivity index (χ3v) is 4.58. The van der Waals surface area contributed by atoms with Crippen LogP contribution in [-0.2, 0) is 11.2 Å². The number of amides is 2. The van der Waals surface area contributed by atoms with Crippen molar-refractivity contribution in [1.29, 1.82) is 0 Å². The van der Waals surface area contributed by atoms with Crippen LogP contribution in [0.3, 0.4) is 0 Å². The number of likely N-dealkylation sites (tertiary alicyclic amines) is 1. The van der Waals surface area contributed by atoms with Crippen LogP contribution < -0.4 is 5.32 Å². The summed E-state index contributed by atoms with van der Waals surface area (Å²) >= 11 is 0. The van der Waals surface area contributed by atoms with Crippen molar-refractivity contribution < 1.29 is 19.1 Å². The standard InChI is InChI=1S/C20H21FN2O3/c21-17-6-8-18(9-7-17)22-20(26)23-10-2-5-16(13-23)15-4-1-3-14(11-15)12-19(24)25/h1,3-4,6-9,11,16H,2,5,10,12-13H2,(H,22,26)(H,24,25). The quantitative estimate of drug-likeness (QED) is 0.874. The fourth-order valence-corrected chi connectivity index (χ4v) is 3.30. The van der Waals surface area contributed by atoms with Gasteiger partial charge in [-0.3, -0.25) is 4.79 Å². The molecule has 136 valence electrons. The van der Waals surface area contributed by atoms with Crippen molar-refractivity contribution in [3.63, 3.8) is 0 Å². The Morgan fingerprint density at radius 3 is 2.69 bits per heavy atom. The van der Waals surface area contributed by atoms with Gasteiger partial charge in [0.15, 0.2) is 0 Å². The zero-order valence-corrected chi connectivity index (χ0v) is 14.3. The molecule has 0 saturated carbocycles. The molecule has 1 aliphatic rings. The average Bonchev–Trinajstić information content (AvgIpc) is 2.63. The van der Waals surface area contributed by atoms with E-state index in [1.807, 2.05) is 18.2 Å². The van der Waals surface area contributed by atoms with Crippen molar-refractivity contribution >= 4 is 17.7 Å². The van der Waals surface area contributed by atoms with Crippen LogP contribution in [0.2, 0.25) is 0 Å². The fraction of sp³-hybridized carbons (Fsp3) is 0.300. The number of hydrogen-bond acceptors (Lipinski definition) is 2. The molecule has 0 spiro atoms. The van der Waals surface area contributed by atoms with Gasteiger partial charge in [-0.05, 0) is 48.2 Å². The summed E-state index contributed by atoms with van der Waals surface area (Å²) in [5.41, 5.74) is 2.38. The number of urea groups is 1. The van der Waals surface area contributed by atoms with E-state index in [-0.39, 0.29) is 24.2 Å². The number of nitrogens with zero attached hydrogens (tertiary/aromatic N) is 1. The number of anilines is 1. The molecule has 0 aliphatic carbocycles. The SMILES string of the molecule is O=C(O)Cc1cccc(C2CCCN(C(=O)Nc3ccc(F)cc3)C2)c1. The van der Waals surface area contributed by atoms with E-state index in [1.165, 1.54) is 24.3 Å². The van der Waals surface area contributed by atoms with Gasteiger partial charge in [-0.25, -0.2) is 9.18 Å². The minimum Gasteiger partial charge on any atom is -0.481 e. The van der Waals surface area contributed by atoms with Crippen molar-refractivity contribution in [3.05, 3.63) is 65.5 Å². The summed E-state index contributed by atoms with van der Waals surface area (Å²) in [4.78, 5) is 25.1. The minimum absolute atomic E-state index is 0.00464. The van der Waals surface area contributed by atoms with Crippen LogP contribution in [0.4, 0.5) is 14.9 Å². The zero-order valence-electron chi connectivity index (χ0n) is 14.3. The molecule has 5 nitrogen and oxygen atoms in total. The number of rotatable bonds is 4. The molecule has 1 unspecified atom stereocenters. The smallest absolute Gasteiger partial charge is 0.321 e. The Hall–Kier alpha value is -2.89. The summed E-state index contributed by atoms with van der Waals surface area (Å²) in [5, 5.41) is 11.7. The molecule has 1 aliphatic heterocycles. The summed E-state index contributed by atoms with van der Waals surface area (Å²) < 4.78 is 13.0. The lowest BCUT2D eigenvalue weighted by Gasteiger charge is -2.33. The lowest BCUT2D eigenvalue weighted by Crippen LogP contribution is -2.41. The molecule has 0 aromatic heterocycles. The monoisotopic (exact) mass is 356 g/mol. The number of halogens is 1. The van der Waals surface area contributed by atoms with E-state index in [0.29, 0.717) is 18.8 Å². The molecule has 2 aromatic carbocycles. The number of aliphatic carboxylic acids is 1. The molecule has 0 bridgehead atoms. The predicted molar refractivity (Wildman–Crippen MR) is 96.7 cm³/mol. The van der Waals surface area contributed by atoms with Gasteiger partial charge in [-0.15, -0.1) is 0 Å². The first-order valence-electron chi connectivity index (χ1n) is 8.63. The Balaban J connectivity index is 1.66. The van der Waals surface area contributed by atoms with Crippen LogP contribution in [-0.4, -0.2) is 35.1 Å². The third-order valence-electron chi connectivity index (χ3n) is 4.58. The van der Waals surface area contributed by atoms with E-state index in [9.17, 15) is 14.0 Å². The molecule has 1 heterocycles. The maximum Gasteiger partial charge on any atom is 0.321 e. The highest BCUT2D eigenvalue weighted by atomic mass is 19.1. The molecule has 2 amide bonds. The second-order valence-corrected chi connectivity index (χ2v) is 6.54. The van der Waals surface area contributed by atoms with Gasteiger partial charge < -0.3 is 15.3 Å². The molecule has 2 N–H and O–H groups in total. The molecular weight excluding hydrogens is 335 g/mol. The number of carbonyl (C=O) groups is 2. The van der Waals surface area contributed by atoms with E-state index in [0.717, 1.165) is 24.0 Å². The van der Waals surface area contributed by atoms with Gasteiger partial charge in [0, 0.05) is 24.7 Å². The summed E-state index contributed by atoms with van der Waals surface area (Å²) in [6, 6.07) is 13.0. The van der Waals surface area contributed by atoms with Crippen LogP contribution in [0.1, 0.15) is 29.9 Å². The molecule has 6 heteroatoms. The minimum atomic E-state index is -0.855. The normalized spacial score (nSPS) is 17.0. The maximum absolute atomic E-state index is 13.0. The second kappa shape index (κ2) is 7.99. The molecule has 26 heavy (non-hydrogen) atoms. The van der Waals surface area contributed by atoms with Crippen LogP contribution in [0.5, 0.6) is 0 Å². The van der Waals surface area contributed by atoms with Crippen LogP contribution in [0, 0.1) is 5.82 Å². The molecule has 3 rings (SSSR count). The van der Waals surface area contributed by atoms with Crippen molar-refractivity contribution in [2.45, 2.75) is 25.2 Å². The number of piperidine rings is 1. The highest BCUT2D eigenvalue weighted by Gasteiger charge is 2.25. The molecular formula is C20H21FN2O3. The number of carboxylic acid groups (broad SMARTS) is 1. The van der Waals surface area contributed by atoms with E-state index in [4.69, 9.17) is 5.11 Å². The van der Waals surface area contributed by atoms with Crippen molar-refractivity contribution in [2.75, 3.05) is 18.4 Å². The van der Waals surface area contributed by atoms with Gasteiger partial charge in [0.05, 0.1) is 6.42 Å². The van der Waals surface area contributed by atoms with Gasteiger partial charge in [-0.1, -0.05) is 24.3 Å². The van der Waals surface area contributed by atoms with E-state index >= 15 is 0 Å². The van der Waals surface area contributed by atoms with Gasteiger partial charge in [0.2, 0.25) is 0 Å². The van der Waals surface area contributed by atoms with Gasteiger partial charge in [0.1, 0.15) is 5.82 Å².